The van der Waals surface area contributed by atoms with Crippen LogP contribution in [0.15, 0.2) is 73.1 Å². The van der Waals surface area contributed by atoms with Gasteiger partial charge in [0.25, 0.3) is 12.4 Å². The van der Waals surface area contributed by atoms with E-state index in [2.05, 4.69) is 30.0 Å². The molecule has 3 amide bonds. The number of rotatable bonds is 11. The number of hydrogen-bond donors (Lipinski definition) is 5. The Morgan fingerprint density at radius 1 is 0.915 bits per heavy atom. The van der Waals surface area contributed by atoms with Crippen LogP contribution in [-0.2, 0) is 31.1 Å². The Bertz CT molecular complexity index is 3080. The van der Waals surface area contributed by atoms with Gasteiger partial charge in [-0.2, -0.15) is 12.7 Å². The summed E-state index contributed by atoms with van der Waals surface area (Å²) in [7, 11) is -4.36. The van der Waals surface area contributed by atoms with Gasteiger partial charge in [-0.25, -0.2) is 18.2 Å². The van der Waals surface area contributed by atoms with Crippen LogP contribution in [0.4, 0.5) is 30.2 Å². The zero-order chi connectivity index (χ0) is 50.0. The third-order valence-electron chi connectivity index (χ3n) is 14.6. The molecule has 0 bridgehead atoms. The fourth-order valence-corrected chi connectivity index (χ4v) is 12.2. The molecule has 3 aromatic carbocycles. The maximum atomic E-state index is 15.8. The Kier molecular flexibility index (Phi) is 12.4. The lowest BCUT2D eigenvalue weighted by Gasteiger charge is -2.62. The highest BCUT2D eigenvalue weighted by molar-refractivity contribution is 7.90. The van der Waals surface area contributed by atoms with Crippen LogP contribution >= 0.6 is 0 Å². The van der Waals surface area contributed by atoms with Crippen LogP contribution in [0, 0.1) is 17.0 Å². The normalized spacial score (nSPS) is 21.9. The summed E-state index contributed by atoms with van der Waals surface area (Å²) in [4.78, 5) is 75.2. The monoisotopic (exact) mass is 997 g/mol. The summed E-state index contributed by atoms with van der Waals surface area (Å²) in [5.41, 5.74) is 2.96. The highest BCUT2D eigenvalue weighted by Gasteiger charge is 2.53. The van der Waals surface area contributed by atoms with Crippen molar-refractivity contribution in [1.82, 2.24) is 29.4 Å². The number of amides is 3. The number of ketones is 1. The predicted octanol–water partition coefficient (Wildman–Crippen LogP) is 4.05. The van der Waals surface area contributed by atoms with E-state index in [1.54, 1.807) is 17.2 Å². The molecule has 5 fully saturated rings. The van der Waals surface area contributed by atoms with Gasteiger partial charge in [0.15, 0.2) is 5.82 Å². The molecule has 0 aliphatic carbocycles. The van der Waals surface area contributed by atoms with E-state index in [0.717, 1.165) is 65.1 Å². The minimum atomic E-state index is -4.36. The molecule has 11 rings (SSSR count). The number of aromatic amines is 1. The molecule has 2 atom stereocenters. The molecular weight excluding hydrogens is 948 g/mol. The molecule has 5 N–H and O–H groups in total. The minimum absolute atomic E-state index is 0.00179. The number of anilines is 3. The lowest BCUT2D eigenvalue weighted by Crippen LogP contribution is -2.73. The molecule has 2 aromatic heterocycles. The van der Waals surface area contributed by atoms with E-state index in [-0.39, 0.29) is 48.7 Å². The molecule has 71 heavy (non-hydrogen) atoms. The standard InChI is InChI=1S/C48H48F3N9O7S.CH2O2/c49-31-11-14-59(22-31)68(66,67)55-38-8-7-37(50)41(42(38)51)43(62)36-20-53-44-35(36)18-29(19-52-44)28-1-3-32(4-2-28)58-25-47(26-58)23-56(24-47)27-48(65)12-15-57(16-13-48)33-5-6-34-30(17-33)21-60(46(34)64)39-9-10-40(61)54-45(39)63;2-1-3/h1-8,17-20,31,39,55,65H,9-16,21-27H2,(H,52,53)(H,54,61,63);1H,(H,2,3)/t31-,39?;/m1./s1. The predicted molar refractivity (Wildman–Crippen MR) is 254 cm³/mol. The van der Waals surface area contributed by atoms with Gasteiger partial charge in [-0.05, 0) is 85.3 Å². The first-order valence-corrected chi connectivity index (χ1v) is 24.7. The first kappa shape index (κ1) is 47.8. The number of aliphatic hydroxyl groups is 1. The Hall–Kier alpha value is -6.88. The number of H-pyrrole nitrogens is 1. The van der Waals surface area contributed by atoms with Crippen LogP contribution in [0.3, 0.4) is 0 Å². The summed E-state index contributed by atoms with van der Waals surface area (Å²) in [6.45, 7) is 5.07. The zero-order valence-corrected chi connectivity index (χ0v) is 39.1. The van der Waals surface area contributed by atoms with Crippen molar-refractivity contribution in [3.05, 3.63) is 107 Å². The van der Waals surface area contributed by atoms with Gasteiger partial charge < -0.3 is 29.9 Å². The Morgan fingerprint density at radius 3 is 2.32 bits per heavy atom. The second-order valence-corrected chi connectivity index (χ2v) is 21.1. The number of alkyl halides is 1. The van der Waals surface area contributed by atoms with Gasteiger partial charge in [0.2, 0.25) is 17.6 Å². The summed E-state index contributed by atoms with van der Waals surface area (Å²) in [6, 6.07) is 16.4. The molecule has 1 spiro atoms. The number of likely N-dealkylation sites (tertiary alicyclic amines) is 1. The largest absolute Gasteiger partial charge is 0.483 e. The van der Waals surface area contributed by atoms with Crippen molar-refractivity contribution >= 4 is 68.3 Å². The molecule has 18 nitrogen and oxygen atoms in total. The lowest BCUT2D eigenvalue weighted by atomic mass is 9.71. The van der Waals surface area contributed by atoms with Gasteiger partial charge in [-0.3, -0.25) is 38.9 Å². The number of imide groups is 1. The number of nitrogens with zero attached hydrogens (tertiary/aromatic N) is 6. The van der Waals surface area contributed by atoms with Crippen LogP contribution in [0.25, 0.3) is 22.2 Å². The zero-order valence-electron chi connectivity index (χ0n) is 38.2. The second-order valence-electron chi connectivity index (χ2n) is 19.4. The first-order chi connectivity index (χ1) is 34.0. The number of β-amino-alcohol motifs (C(OH)–C–C–N with tert-alkyl or cyclic N) is 1. The summed E-state index contributed by atoms with van der Waals surface area (Å²) in [5, 5.41) is 21.2. The minimum Gasteiger partial charge on any atom is -0.483 e. The van der Waals surface area contributed by atoms with Gasteiger partial charge >= 0.3 is 10.2 Å². The number of aromatic nitrogens is 2. The maximum absolute atomic E-state index is 15.8. The Balaban J connectivity index is 0.00000189. The summed E-state index contributed by atoms with van der Waals surface area (Å²) < 4.78 is 73.1. The number of piperidine rings is 2. The topological polar surface area (TPSA) is 229 Å². The number of pyridine rings is 1. The molecule has 6 aliphatic heterocycles. The van der Waals surface area contributed by atoms with E-state index < -0.39 is 69.1 Å². The number of carbonyl (C=O) groups excluding carboxylic acids is 4. The fourth-order valence-electron chi connectivity index (χ4n) is 11.0. The highest BCUT2D eigenvalue weighted by Crippen LogP contribution is 2.44. The fraction of sp³-hybridized carbons (Fsp3) is 0.388. The van der Waals surface area contributed by atoms with Crippen molar-refractivity contribution in [2.75, 3.05) is 73.4 Å². The van der Waals surface area contributed by atoms with E-state index >= 15 is 8.78 Å². The average molecular weight is 998 g/mol. The van der Waals surface area contributed by atoms with Gasteiger partial charge in [0, 0.05) is 123 Å². The highest BCUT2D eigenvalue weighted by atomic mass is 32.2. The van der Waals surface area contributed by atoms with Crippen LogP contribution in [-0.4, -0.2) is 149 Å². The average Bonchev–Trinajstić information content (AvgIpc) is 4.05. The summed E-state index contributed by atoms with van der Waals surface area (Å²) in [5.74, 6) is -4.52. The molecule has 22 heteroatoms. The maximum Gasteiger partial charge on any atom is 0.301 e. The molecule has 8 heterocycles. The van der Waals surface area contributed by atoms with Gasteiger partial charge in [-0.15, -0.1) is 0 Å². The second kappa shape index (κ2) is 18.4. The van der Waals surface area contributed by atoms with Crippen molar-refractivity contribution in [2.45, 2.75) is 56.5 Å². The quantitative estimate of drug-likeness (QED) is 0.0716. The third kappa shape index (κ3) is 9.08. The van der Waals surface area contributed by atoms with E-state index in [0.29, 0.717) is 67.6 Å². The van der Waals surface area contributed by atoms with Crippen LogP contribution < -0.4 is 19.8 Å². The van der Waals surface area contributed by atoms with Crippen LogP contribution in [0.1, 0.15) is 63.9 Å². The van der Waals surface area contributed by atoms with Gasteiger partial charge in [0.1, 0.15) is 23.7 Å². The van der Waals surface area contributed by atoms with Crippen LogP contribution in [0.2, 0.25) is 0 Å². The third-order valence-corrected chi connectivity index (χ3v) is 16.1. The van der Waals surface area contributed by atoms with Gasteiger partial charge in [-0.1, -0.05) is 12.1 Å². The van der Waals surface area contributed by atoms with Crippen LogP contribution in [0.5, 0.6) is 0 Å². The summed E-state index contributed by atoms with van der Waals surface area (Å²) in [6.07, 6.45) is 3.33. The molecule has 1 unspecified atom stereocenters. The number of fused-ring (bicyclic) bond motifs is 2. The van der Waals surface area contributed by atoms with E-state index in [4.69, 9.17) is 9.90 Å². The Labute approximate surface area is 405 Å². The van der Waals surface area contributed by atoms with Crippen molar-refractivity contribution in [3.63, 3.8) is 0 Å². The smallest absolute Gasteiger partial charge is 0.301 e. The Morgan fingerprint density at radius 2 is 1.63 bits per heavy atom. The molecule has 372 valence electrons. The molecular formula is C49H50F3N9O9S. The van der Waals surface area contributed by atoms with Gasteiger partial charge in [0.05, 0.1) is 16.9 Å². The summed E-state index contributed by atoms with van der Waals surface area (Å²) >= 11 is 0. The number of carboxylic acid groups (broad SMARTS) is 1. The number of nitrogens with one attached hydrogen (secondary N) is 3. The number of carbonyl (C=O) groups is 5. The van der Waals surface area contributed by atoms with Crippen molar-refractivity contribution < 1.29 is 55.8 Å². The molecule has 5 saturated heterocycles. The molecule has 6 aliphatic rings. The lowest BCUT2D eigenvalue weighted by molar-refractivity contribution is -0.137. The van der Waals surface area contributed by atoms with Crippen molar-refractivity contribution in [1.29, 1.82) is 0 Å². The van der Waals surface area contributed by atoms with E-state index in [9.17, 15) is 37.1 Å². The molecule has 0 radical (unpaired) electrons. The molecule has 0 saturated carbocycles. The number of benzene rings is 3. The number of hydrogen-bond acceptors (Lipinski definition) is 12. The first-order valence-electron chi connectivity index (χ1n) is 23.3. The SMILES string of the molecule is O=C1CCC(N2Cc3cc(N4CCC(O)(CN5CC6(C5)CN(c5ccc(-c7cnc8[nH]cc(C(=O)c9c(F)ccc(NS(=O)(=O)N%10CC[C@@H](F)C%10)c9F)c8c7)cc5)C6)CC4)ccc3C2=O)C(=O)N1.O=CO. The van der Waals surface area contributed by atoms with E-state index in [1.165, 1.54) is 6.20 Å². The molecule has 5 aromatic rings. The number of halogens is 3. The van der Waals surface area contributed by atoms with Crippen molar-refractivity contribution in [3.8, 4) is 11.1 Å². The van der Waals surface area contributed by atoms with Crippen molar-refractivity contribution in [2.24, 2.45) is 5.41 Å². The van der Waals surface area contributed by atoms with E-state index in [1.807, 2.05) is 47.2 Å².